The van der Waals surface area contributed by atoms with E-state index in [-0.39, 0.29) is 6.03 Å². The molecule has 6 heteroatoms. The van der Waals surface area contributed by atoms with Crippen LogP contribution in [-0.4, -0.2) is 41.7 Å². The molecule has 1 aromatic carbocycles. The average molecular weight is 381 g/mol. The molecule has 1 atom stereocenters. The van der Waals surface area contributed by atoms with E-state index in [1.807, 2.05) is 41.3 Å². The summed E-state index contributed by atoms with van der Waals surface area (Å²) in [6.07, 6.45) is 6.83. The van der Waals surface area contributed by atoms with Gasteiger partial charge in [0.1, 0.15) is 12.4 Å². The fraction of sp³-hybridized carbons (Fsp3) is 0.455. The van der Waals surface area contributed by atoms with Crippen molar-refractivity contribution in [3.63, 3.8) is 0 Å². The first kappa shape index (κ1) is 18.7. The number of carbonyl (C=O) groups is 1. The van der Waals surface area contributed by atoms with Crippen LogP contribution < -0.4 is 10.1 Å². The Balaban J connectivity index is 1.25. The third-order valence-electron chi connectivity index (χ3n) is 5.22. The van der Waals surface area contributed by atoms with Gasteiger partial charge in [-0.2, -0.15) is 0 Å². The van der Waals surface area contributed by atoms with Gasteiger partial charge in [-0.1, -0.05) is 18.2 Å². The van der Waals surface area contributed by atoms with Gasteiger partial charge in [0, 0.05) is 49.6 Å². The molecule has 0 radical (unpaired) electrons. The van der Waals surface area contributed by atoms with Gasteiger partial charge in [0.2, 0.25) is 0 Å². The molecule has 1 unspecified atom stereocenters. The zero-order valence-electron chi connectivity index (χ0n) is 16.0. The van der Waals surface area contributed by atoms with E-state index in [1.165, 1.54) is 0 Å². The summed E-state index contributed by atoms with van der Waals surface area (Å²) in [5.74, 6) is 1.28. The predicted octanol–water partition coefficient (Wildman–Crippen LogP) is 3.37. The number of hydrogen-bond donors (Lipinski definition) is 1. The van der Waals surface area contributed by atoms with Crippen molar-refractivity contribution in [2.45, 2.75) is 38.5 Å². The molecule has 0 bridgehead atoms. The fourth-order valence-electron chi connectivity index (χ4n) is 3.42. The third-order valence-corrected chi connectivity index (χ3v) is 5.22. The molecule has 1 saturated carbocycles. The summed E-state index contributed by atoms with van der Waals surface area (Å²) >= 11 is 0. The molecule has 1 N–H and O–H groups in total. The summed E-state index contributed by atoms with van der Waals surface area (Å²) in [6.45, 7) is 3.41. The van der Waals surface area contributed by atoms with Gasteiger partial charge in [-0.15, -0.1) is 0 Å². The van der Waals surface area contributed by atoms with E-state index in [2.05, 4.69) is 10.3 Å². The van der Waals surface area contributed by atoms with Crippen molar-refractivity contribution in [3.05, 3.63) is 59.9 Å². The van der Waals surface area contributed by atoms with Gasteiger partial charge in [0.25, 0.3) is 0 Å². The Morgan fingerprint density at radius 3 is 2.71 bits per heavy atom. The number of pyridine rings is 1. The summed E-state index contributed by atoms with van der Waals surface area (Å²) < 4.78 is 11.2. The first-order valence-electron chi connectivity index (χ1n) is 10.0. The molecule has 2 aromatic rings. The van der Waals surface area contributed by atoms with E-state index in [1.54, 1.807) is 12.4 Å². The molecular weight excluding hydrogens is 354 g/mol. The number of hydrogen-bond acceptors (Lipinski definition) is 4. The second-order valence-electron chi connectivity index (χ2n) is 7.57. The highest BCUT2D eigenvalue weighted by molar-refractivity contribution is 5.75. The third kappa shape index (κ3) is 5.23. The number of aromatic nitrogens is 1. The SMILES string of the molecule is O=C(NCc1ccc(OCc2cccnc2)cc1)N(CC1CCOC1)C1CC1. The molecule has 4 rings (SSSR count). The number of ether oxygens (including phenoxy) is 2. The molecule has 148 valence electrons. The molecule has 2 amide bonds. The molecule has 1 saturated heterocycles. The molecule has 2 heterocycles. The van der Waals surface area contributed by atoms with Crippen LogP contribution in [0.25, 0.3) is 0 Å². The number of rotatable bonds is 8. The Morgan fingerprint density at radius 2 is 2.04 bits per heavy atom. The lowest BCUT2D eigenvalue weighted by Crippen LogP contribution is -2.43. The van der Waals surface area contributed by atoms with E-state index in [9.17, 15) is 4.79 Å². The van der Waals surface area contributed by atoms with Crippen LogP contribution in [0.4, 0.5) is 4.79 Å². The van der Waals surface area contributed by atoms with E-state index in [0.29, 0.717) is 25.1 Å². The maximum atomic E-state index is 12.7. The highest BCUT2D eigenvalue weighted by Gasteiger charge is 2.34. The Bertz CT molecular complexity index is 756. The van der Waals surface area contributed by atoms with Crippen LogP contribution in [0.3, 0.4) is 0 Å². The molecule has 1 aromatic heterocycles. The van der Waals surface area contributed by atoms with Gasteiger partial charge in [-0.05, 0) is 43.0 Å². The number of urea groups is 1. The second-order valence-corrected chi connectivity index (χ2v) is 7.57. The molecule has 1 aliphatic heterocycles. The zero-order valence-corrected chi connectivity index (χ0v) is 16.0. The van der Waals surface area contributed by atoms with Crippen molar-refractivity contribution >= 4 is 6.03 Å². The van der Waals surface area contributed by atoms with Crippen LogP contribution in [0.2, 0.25) is 0 Å². The lowest BCUT2D eigenvalue weighted by Gasteiger charge is -2.25. The van der Waals surface area contributed by atoms with Gasteiger partial charge in [-0.25, -0.2) is 4.79 Å². The molecule has 2 fully saturated rings. The number of nitrogens with one attached hydrogen (secondary N) is 1. The van der Waals surface area contributed by atoms with Gasteiger partial charge in [0.15, 0.2) is 0 Å². The van der Waals surface area contributed by atoms with Crippen molar-refractivity contribution in [1.29, 1.82) is 0 Å². The molecule has 28 heavy (non-hydrogen) atoms. The van der Waals surface area contributed by atoms with Gasteiger partial charge >= 0.3 is 6.03 Å². The van der Waals surface area contributed by atoms with Crippen LogP contribution in [0, 0.1) is 5.92 Å². The van der Waals surface area contributed by atoms with E-state index < -0.39 is 0 Å². The Labute approximate surface area is 165 Å². The predicted molar refractivity (Wildman–Crippen MR) is 106 cm³/mol. The number of amides is 2. The Kier molecular flexibility index (Phi) is 6.07. The van der Waals surface area contributed by atoms with Gasteiger partial charge < -0.3 is 19.7 Å². The Hall–Kier alpha value is -2.60. The normalized spacial score (nSPS) is 18.6. The minimum Gasteiger partial charge on any atom is -0.489 e. The van der Waals surface area contributed by atoms with Crippen molar-refractivity contribution in [2.75, 3.05) is 19.8 Å². The maximum absolute atomic E-state index is 12.7. The second kappa shape index (κ2) is 9.06. The van der Waals surface area contributed by atoms with Crippen LogP contribution in [0.15, 0.2) is 48.8 Å². The van der Waals surface area contributed by atoms with Crippen molar-refractivity contribution in [3.8, 4) is 5.75 Å². The maximum Gasteiger partial charge on any atom is 0.317 e. The Morgan fingerprint density at radius 1 is 1.18 bits per heavy atom. The summed E-state index contributed by atoms with van der Waals surface area (Å²) in [6, 6.07) is 12.2. The summed E-state index contributed by atoms with van der Waals surface area (Å²) in [5, 5.41) is 3.07. The largest absolute Gasteiger partial charge is 0.489 e. The highest BCUT2D eigenvalue weighted by Crippen LogP contribution is 2.29. The smallest absolute Gasteiger partial charge is 0.317 e. The van der Waals surface area contributed by atoms with Gasteiger partial charge in [-0.3, -0.25) is 4.98 Å². The van der Waals surface area contributed by atoms with Gasteiger partial charge in [0.05, 0.1) is 6.61 Å². The molecule has 2 aliphatic rings. The topological polar surface area (TPSA) is 63.7 Å². The van der Waals surface area contributed by atoms with Crippen molar-refractivity contribution in [2.24, 2.45) is 5.92 Å². The molecule has 1 aliphatic carbocycles. The van der Waals surface area contributed by atoms with Crippen molar-refractivity contribution < 1.29 is 14.3 Å². The quantitative estimate of drug-likeness (QED) is 0.761. The summed E-state index contributed by atoms with van der Waals surface area (Å²) in [5.41, 5.74) is 2.09. The number of benzene rings is 1. The number of carbonyl (C=O) groups excluding carboxylic acids is 1. The first-order valence-corrected chi connectivity index (χ1v) is 10.0. The van der Waals surface area contributed by atoms with Crippen LogP contribution in [-0.2, 0) is 17.9 Å². The van der Waals surface area contributed by atoms with Crippen LogP contribution in [0.1, 0.15) is 30.4 Å². The monoisotopic (exact) mass is 381 g/mol. The summed E-state index contributed by atoms with van der Waals surface area (Å²) in [7, 11) is 0. The number of nitrogens with zero attached hydrogens (tertiary/aromatic N) is 2. The lowest BCUT2D eigenvalue weighted by atomic mass is 10.1. The van der Waals surface area contributed by atoms with E-state index in [4.69, 9.17) is 9.47 Å². The zero-order chi connectivity index (χ0) is 19.2. The van der Waals surface area contributed by atoms with Crippen LogP contribution in [0.5, 0.6) is 5.75 Å². The summed E-state index contributed by atoms with van der Waals surface area (Å²) in [4.78, 5) is 18.7. The fourth-order valence-corrected chi connectivity index (χ4v) is 3.42. The minimum absolute atomic E-state index is 0.0336. The lowest BCUT2D eigenvalue weighted by molar-refractivity contribution is 0.162. The molecular formula is C22H27N3O3. The molecule has 6 nitrogen and oxygen atoms in total. The van der Waals surface area contributed by atoms with Crippen molar-refractivity contribution in [1.82, 2.24) is 15.2 Å². The van der Waals surface area contributed by atoms with E-state index >= 15 is 0 Å². The first-order chi connectivity index (χ1) is 13.8. The van der Waals surface area contributed by atoms with E-state index in [0.717, 1.165) is 55.9 Å². The molecule has 0 spiro atoms. The average Bonchev–Trinajstić information content (AvgIpc) is 3.45. The highest BCUT2D eigenvalue weighted by atomic mass is 16.5. The standard InChI is InChI=1S/C22H27N3O3/c26-22(25(20-5-6-20)14-19-9-11-27-15-19)24-13-17-3-7-21(8-4-17)28-16-18-2-1-10-23-12-18/h1-4,7-8,10,12,19-20H,5-6,9,11,13-16H2,(H,24,26). The minimum atomic E-state index is 0.0336. The van der Waals surface area contributed by atoms with Crippen LogP contribution >= 0.6 is 0 Å².